The number of carbonyl (C=O) groups is 1. The first kappa shape index (κ1) is 16.4. The van der Waals surface area contributed by atoms with E-state index in [0.29, 0.717) is 24.6 Å². The molecule has 1 aliphatic rings. The van der Waals surface area contributed by atoms with E-state index in [1.807, 2.05) is 11.8 Å². The van der Waals surface area contributed by atoms with Gasteiger partial charge >= 0.3 is 0 Å². The molecule has 1 unspecified atom stereocenters. The second kappa shape index (κ2) is 6.60. The Labute approximate surface area is 139 Å². The summed E-state index contributed by atoms with van der Waals surface area (Å²) in [5, 5.41) is 10.7. The minimum Gasteiger partial charge on any atom is -0.459 e. The summed E-state index contributed by atoms with van der Waals surface area (Å²) >= 11 is 0. The maximum Gasteiger partial charge on any atom is 0.292 e. The van der Waals surface area contributed by atoms with Crippen molar-refractivity contribution in [2.24, 2.45) is 0 Å². The Morgan fingerprint density at radius 3 is 2.75 bits per heavy atom. The number of hydrogen-bond acceptors (Lipinski definition) is 7. The molecular formula is C15H18N4O4S. The van der Waals surface area contributed by atoms with Crippen molar-refractivity contribution in [3.8, 4) is 0 Å². The Bertz CT molecular complexity index is 803. The van der Waals surface area contributed by atoms with Crippen molar-refractivity contribution in [3.63, 3.8) is 0 Å². The first-order valence-electron chi connectivity index (χ1n) is 7.64. The second-order valence-corrected chi connectivity index (χ2v) is 7.78. The minimum absolute atomic E-state index is 0.0853. The monoisotopic (exact) mass is 350 g/mol. The lowest BCUT2D eigenvalue weighted by Gasteiger charge is -2.27. The summed E-state index contributed by atoms with van der Waals surface area (Å²) in [5.74, 6) is 1.02. The zero-order valence-electron chi connectivity index (χ0n) is 13.2. The van der Waals surface area contributed by atoms with Gasteiger partial charge in [-0.3, -0.25) is 4.79 Å². The van der Waals surface area contributed by atoms with Crippen LogP contribution in [0.25, 0.3) is 0 Å². The van der Waals surface area contributed by atoms with Crippen LogP contribution in [0.2, 0.25) is 0 Å². The smallest absolute Gasteiger partial charge is 0.292 e. The molecule has 1 saturated heterocycles. The summed E-state index contributed by atoms with van der Waals surface area (Å²) in [6.07, 6.45) is 2.01. The first-order chi connectivity index (χ1) is 11.5. The Balaban J connectivity index is 1.70. The predicted molar refractivity (Wildman–Crippen MR) is 88.8 cm³/mol. The van der Waals surface area contributed by atoms with Crippen LogP contribution in [0.4, 0.5) is 11.6 Å². The van der Waals surface area contributed by atoms with Gasteiger partial charge in [0.15, 0.2) is 27.2 Å². The molecule has 24 heavy (non-hydrogen) atoms. The van der Waals surface area contributed by atoms with Gasteiger partial charge in [-0.25, -0.2) is 8.42 Å². The molecule has 0 bridgehead atoms. The van der Waals surface area contributed by atoms with Gasteiger partial charge in [0.05, 0.1) is 17.8 Å². The normalized spacial score (nSPS) is 19.1. The largest absolute Gasteiger partial charge is 0.459 e. The summed E-state index contributed by atoms with van der Waals surface area (Å²) in [5.41, 5.74) is 0. The lowest BCUT2D eigenvalue weighted by atomic mass is 10.2. The molecule has 8 nitrogen and oxygen atoms in total. The van der Waals surface area contributed by atoms with Crippen molar-refractivity contribution in [1.29, 1.82) is 0 Å². The number of sulfone groups is 1. The van der Waals surface area contributed by atoms with Gasteiger partial charge in [0.2, 0.25) is 0 Å². The first-order valence-corrected chi connectivity index (χ1v) is 9.46. The fourth-order valence-electron chi connectivity index (χ4n) is 2.76. The van der Waals surface area contributed by atoms with Crippen LogP contribution in [-0.4, -0.2) is 48.6 Å². The molecule has 1 aliphatic heterocycles. The molecule has 0 radical (unpaired) electrons. The summed E-state index contributed by atoms with van der Waals surface area (Å²) in [6.45, 7) is 2.58. The fraction of sp³-hybridized carbons (Fsp3) is 0.400. The molecule has 128 valence electrons. The highest BCUT2D eigenvalue weighted by molar-refractivity contribution is 7.91. The van der Waals surface area contributed by atoms with Crippen molar-refractivity contribution in [3.05, 3.63) is 36.3 Å². The van der Waals surface area contributed by atoms with E-state index in [0.717, 1.165) is 0 Å². The van der Waals surface area contributed by atoms with E-state index in [1.54, 1.807) is 24.3 Å². The summed E-state index contributed by atoms with van der Waals surface area (Å²) in [6, 6.07) is 6.45. The zero-order chi connectivity index (χ0) is 17.2. The highest BCUT2D eigenvalue weighted by Crippen LogP contribution is 2.22. The van der Waals surface area contributed by atoms with Gasteiger partial charge in [-0.05, 0) is 37.6 Å². The van der Waals surface area contributed by atoms with Crippen molar-refractivity contribution in [2.75, 3.05) is 28.3 Å². The van der Waals surface area contributed by atoms with E-state index >= 15 is 0 Å². The van der Waals surface area contributed by atoms with Gasteiger partial charge in [0.1, 0.15) is 0 Å². The van der Waals surface area contributed by atoms with Crippen LogP contribution < -0.4 is 10.2 Å². The average molecular weight is 350 g/mol. The van der Waals surface area contributed by atoms with Gasteiger partial charge in [0.25, 0.3) is 5.91 Å². The molecule has 9 heteroatoms. The number of hydrogen-bond donors (Lipinski definition) is 1. The number of carbonyl (C=O) groups excluding carboxylic acids is 1. The molecule has 3 rings (SSSR count). The average Bonchev–Trinajstić information content (AvgIpc) is 3.19. The molecule has 0 spiro atoms. The summed E-state index contributed by atoms with van der Waals surface area (Å²) in [7, 11) is -2.97. The van der Waals surface area contributed by atoms with Crippen LogP contribution >= 0.6 is 0 Å². The molecule has 1 N–H and O–H groups in total. The fourth-order valence-corrected chi connectivity index (χ4v) is 4.49. The lowest BCUT2D eigenvalue weighted by Crippen LogP contribution is -2.36. The third-order valence-corrected chi connectivity index (χ3v) is 5.67. The maximum atomic E-state index is 11.9. The van der Waals surface area contributed by atoms with Crippen molar-refractivity contribution >= 4 is 27.4 Å². The van der Waals surface area contributed by atoms with Crippen molar-refractivity contribution < 1.29 is 17.6 Å². The maximum absolute atomic E-state index is 11.9. The van der Waals surface area contributed by atoms with Crippen molar-refractivity contribution in [1.82, 2.24) is 10.2 Å². The summed E-state index contributed by atoms with van der Waals surface area (Å²) < 4.78 is 28.3. The lowest BCUT2D eigenvalue weighted by molar-refractivity contribution is 0.0996. The van der Waals surface area contributed by atoms with Crippen LogP contribution in [0, 0.1) is 0 Å². The molecule has 0 saturated carbocycles. The standard InChI is InChI=1S/C15H18N4O4S/c1-2-19(11-7-9-24(21,22)10-11)14-6-5-13(17-18-14)16-15(20)12-4-3-8-23-12/h3-6,8,11H,2,7,9-10H2,1H3,(H,16,17,20). The Hall–Kier alpha value is -2.42. The molecule has 1 amide bonds. The van der Waals surface area contributed by atoms with E-state index in [2.05, 4.69) is 15.5 Å². The number of nitrogens with zero attached hydrogens (tertiary/aromatic N) is 3. The van der Waals surface area contributed by atoms with E-state index in [9.17, 15) is 13.2 Å². The van der Waals surface area contributed by atoms with E-state index in [1.165, 1.54) is 6.26 Å². The zero-order valence-corrected chi connectivity index (χ0v) is 14.0. The van der Waals surface area contributed by atoms with Crippen LogP contribution in [0.5, 0.6) is 0 Å². The summed E-state index contributed by atoms with van der Waals surface area (Å²) in [4.78, 5) is 13.8. The molecule has 2 aromatic heterocycles. The van der Waals surface area contributed by atoms with Crippen LogP contribution in [0.1, 0.15) is 23.9 Å². The van der Waals surface area contributed by atoms with Crippen LogP contribution in [0.3, 0.4) is 0 Å². The quantitative estimate of drug-likeness (QED) is 0.867. The Morgan fingerprint density at radius 2 is 2.21 bits per heavy atom. The number of aromatic nitrogens is 2. The number of furan rings is 1. The molecule has 1 fully saturated rings. The SMILES string of the molecule is CCN(c1ccc(NC(=O)c2ccco2)nn1)C1CCS(=O)(=O)C1. The number of nitrogens with one attached hydrogen (secondary N) is 1. The highest BCUT2D eigenvalue weighted by atomic mass is 32.2. The highest BCUT2D eigenvalue weighted by Gasteiger charge is 2.32. The third-order valence-electron chi connectivity index (χ3n) is 3.92. The molecule has 0 aromatic carbocycles. The number of anilines is 2. The molecule has 3 heterocycles. The molecular weight excluding hydrogens is 332 g/mol. The van der Waals surface area contributed by atoms with E-state index in [-0.39, 0.29) is 23.3 Å². The Kier molecular flexibility index (Phi) is 4.52. The van der Waals surface area contributed by atoms with Crippen molar-refractivity contribution in [2.45, 2.75) is 19.4 Å². The van der Waals surface area contributed by atoms with Gasteiger partial charge < -0.3 is 14.6 Å². The molecule has 1 atom stereocenters. The van der Waals surface area contributed by atoms with E-state index in [4.69, 9.17) is 4.42 Å². The van der Waals surface area contributed by atoms with Gasteiger partial charge in [-0.15, -0.1) is 10.2 Å². The van der Waals surface area contributed by atoms with E-state index < -0.39 is 15.7 Å². The number of rotatable bonds is 5. The van der Waals surface area contributed by atoms with Gasteiger partial charge in [0, 0.05) is 12.6 Å². The van der Waals surface area contributed by atoms with Gasteiger partial charge in [-0.1, -0.05) is 0 Å². The second-order valence-electron chi connectivity index (χ2n) is 5.55. The minimum atomic E-state index is -2.97. The molecule has 0 aliphatic carbocycles. The topological polar surface area (TPSA) is 105 Å². The third kappa shape index (κ3) is 3.56. The van der Waals surface area contributed by atoms with Crippen LogP contribution in [-0.2, 0) is 9.84 Å². The van der Waals surface area contributed by atoms with Gasteiger partial charge in [-0.2, -0.15) is 0 Å². The number of amides is 1. The Morgan fingerprint density at radius 1 is 1.38 bits per heavy atom. The molecule has 2 aromatic rings. The predicted octanol–water partition coefficient (Wildman–Crippen LogP) is 1.34. The van der Waals surface area contributed by atoms with Crippen LogP contribution in [0.15, 0.2) is 34.9 Å².